The van der Waals surface area contributed by atoms with Crippen molar-refractivity contribution in [3.8, 4) is 11.5 Å². The van der Waals surface area contributed by atoms with E-state index in [4.69, 9.17) is 14.9 Å². The molecular weight excluding hydrogens is 410 g/mol. The first-order valence-electron chi connectivity index (χ1n) is 12.4. The second-order valence-corrected chi connectivity index (χ2v) is 10.3. The molecule has 33 heavy (non-hydrogen) atoms. The molecule has 0 aliphatic heterocycles. The predicted molar refractivity (Wildman–Crippen MR) is 135 cm³/mol. The van der Waals surface area contributed by atoms with Gasteiger partial charge in [-0.2, -0.15) is 0 Å². The van der Waals surface area contributed by atoms with Crippen LogP contribution in [0.3, 0.4) is 0 Å². The highest BCUT2D eigenvalue weighted by atomic mass is 16.5. The molecular formula is C29H39NO3. The Bertz CT molecular complexity index is 919. The van der Waals surface area contributed by atoms with Crippen LogP contribution >= 0.6 is 0 Å². The molecule has 1 aliphatic carbocycles. The van der Waals surface area contributed by atoms with E-state index in [-0.39, 0.29) is 11.6 Å². The first-order valence-corrected chi connectivity index (χ1v) is 12.4. The van der Waals surface area contributed by atoms with Gasteiger partial charge in [-0.1, -0.05) is 38.0 Å². The maximum atomic E-state index is 12.5. The van der Waals surface area contributed by atoms with Crippen molar-refractivity contribution >= 4 is 12.2 Å². The summed E-state index contributed by atoms with van der Waals surface area (Å²) in [7, 11) is 0. The van der Waals surface area contributed by atoms with E-state index in [9.17, 15) is 4.79 Å². The topological polar surface area (TPSA) is 59.4 Å². The summed E-state index contributed by atoms with van der Waals surface area (Å²) < 4.78 is 11.5. The summed E-state index contributed by atoms with van der Waals surface area (Å²) in [5, 5.41) is 7.82. The second-order valence-electron chi connectivity index (χ2n) is 10.3. The number of nitrogens with one attached hydrogen (secondary N) is 1. The Labute approximate surface area is 199 Å². The second kappa shape index (κ2) is 11.5. The number of ether oxygens (including phenoxy) is 2. The molecule has 1 fully saturated rings. The first-order chi connectivity index (χ1) is 15.8. The molecule has 0 unspecified atom stereocenters. The molecule has 0 radical (unpaired) electrons. The van der Waals surface area contributed by atoms with E-state index in [0.29, 0.717) is 30.1 Å². The summed E-state index contributed by atoms with van der Waals surface area (Å²) in [4.78, 5) is 12.5. The van der Waals surface area contributed by atoms with Crippen LogP contribution in [0, 0.1) is 11.3 Å². The van der Waals surface area contributed by atoms with Gasteiger partial charge in [-0.25, -0.2) is 0 Å². The molecule has 0 spiro atoms. The minimum atomic E-state index is -0.277. The van der Waals surface area contributed by atoms with Crippen LogP contribution in [0.15, 0.2) is 42.5 Å². The van der Waals surface area contributed by atoms with E-state index in [0.717, 1.165) is 17.2 Å². The number of benzene rings is 2. The zero-order valence-corrected chi connectivity index (χ0v) is 20.7. The van der Waals surface area contributed by atoms with Gasteiger partial charge < -0.3 is 14.9 Å². The Balaban J connectivity index is 1.53. The molecule has 0 bridgehead atoms. The number of hydrogen-bond acceptors (Lipinski definition) is 4. The van der Waals surface area contributed by atoms with Crippen molar-refractivity contribution in [1.82, 2.24) is 0 Å². The molecule has 1 N–H and O–H groups in total. The third-order valence-electron chi connectivity index (χ3n) is 6.39. The SMILES string of the molecule is CCCC1CCC(c2ccc(OC(=O)CCc3ccc(OC(C)(C)C)cc3)c(C=N)c2)CC1. The Kier molecular flexibility index (Phi) is 8.71. The summed E-state index contributed by atoms with van der Waals surface area (Å²) in [5.74, 6) is 2.44. The van der Waals surface area contributed by atoms with Crippen LogP contribution in [0.4, 0.5) is 0 Å². The Morgan fingerprint density at radius 1 is 1.06 bits per heavy atom. The largest absolute Gasteiger partial charge is 0.488 e. The van der Waals surface area contributed by atoms with Crippen molar-refractivity contribution in [2.75, 3.05) is 0 Å². The Morgan fingerprint density at radius 3 is 2.36 bits per heavy atom. The number of hydrogen-bond donors (Lipinski definition) is 1. The minimum Gasteiger partial charge on any atom is -0.488 e. The van der Waals surface area contributed by atoms with E-state index in [1.54, 1.807) is 0 Å². The molecule has 1 aliphatic rings. The fourth-order valence-corrected chi connectivity index (χ4v) is 4.72. The Hall–Kier alpha value is -2.62. The normalized spacial score (nSPS) is 18.5. The van der Waals surface area contributed by atoms with Crippen molar-refractivity contribution in [2.45, 2.75) is 90.6 Å². The summed E-state index contributed by atoms with van der Waals surface area (Å²) in [6.45, 7) is 8.32. The third kappa shape index (κ3) is 7.73. The van der Waals surface area contributed by atoms with Crippen LogP contribution < -0.4 is 9.47 Å². The van der Waals surface area contributed by atoms with Gasteiger partial charge in [0.15, 0.2) is 0 Å². The van der Waals surface area contributed by atoms with Crippen LogP contribution in [0.2, 0.25) is 0 Å². The van der Waals surface area contributed by atoms with Crippen LogP contribution in [0.25, 0.3) is 0 Å². The van der Waals surface area contributed by atoms with Gasteiger partial charge in [-0.3, -0.25) is 4.79 Å². The number of aryl methyl sites for hydroxylation is 1. The van der Waals surface area contributed by atoms with E-state index in [1.165, 1.54) is 50.3 Å². The lowest BCUT2D eigenvalue weighted by atomic mass is 9.77. The quantitative estimate of drug-likeness (QED) is 0.245. The lowest BCUT2D eigenvalue weighted by molar-refractivity contribution is -0.134. The van der Waals surface area contributed by atoms with Gasteiger partial charge in [0, 0.05) is 18.2 Å². The summed E-state index contributed by atoms with van der Waals surface area (Å²) in [5.41, 5.74) is 2.78. The van der Waals surface area contributed by atoms with Crippen molar-refractivity contribution in [3.05, 3.63) is 59.2 Å². The lowest BCUT2D eigenvalue weighted by Crippen LogP contribution is -2.22. The molecule has 3 rings (SSSR count). The number of rotatable bonds is 9. The standard InChI is InChI=1S/C29H39NO3/c1-5-6-21-7-12-23(13-8-21)24-14-17-27(25(19-24)20-30)32-28(31)18-11-22-9-15-26(16-10-22)33-29(2,3)4/h9-10,14-17,19-21,23,30H,5-8,11-13,18H2,1-4H3. The smallest absolute Gasteiger partial charge is 0.311 e. The molecule has 0 saturated heterocycles. The highest BCUT2D eigenvalue weighted by molar-refractivity contribution is 5.84. The van der Waals surface area contributed by atoms with Gasteiger partial charge in [-0.05, 0) is 100 Å². The van der Waals surface area contributed by atoms with Gasteiger partial charge in [0.25, 0.3) is 0 Å². The first kappa shape index (κ1) is 25.0. The van der Waals surface area contributed by atoms with Crippen molar-refractivity contribution < 1.29 is 14.3 Å². The van der Waals surface area contributed by atoms with Crippen molar-refractivity contribution in [1.29, 1.82) is 5.41 Å². The van der Waals surface area contributed by atoms with E-state index in [1.807, 2.05) is 57.2 Å². The van der Waals surface area contributed by atoms with Gasteiger partial charge >= 0.3 is 5.97 Å². The zero-order chi connectivity index (χ0) is 23.8. The molecule has 178 valence electrons. The van der Waals surface area contributed by atoms with Gasteiger partial charge in [0.05, 0.1) is 0 Å². The fourth-order valence-electron chi connectivity index (χ4n) is 4.72. The van der Waals surface area contributed by atoms with Crippen LogP contribution in [-0.4, -0.2) is 17.8 Å². The van der Waals surface area contributed by atoms with Crippen LogP contribution in [0.1, 0.15) is 95.2 Å². The summed E-state index contributed by atoms with van der Waals surface area (Å²) >= 11 is 0. The molecule has 2 aromatic carbocycles. The fraction of sp³-hybridized carbons (Fsp3) is 0.517. The average molecular weight is 450 g/mol. The Morgan fingerprint density at radius 2 is 1.76 bits per heavy atom. The molecule has 4 heteroatoms. The molecule has 1 saturated carbocycles. The molecule has 0 heterocycles. The summed E-state index contributed by atoms with van der Waals surface area (Å²) in [6, 6.07) is 13.8. The van der Waals surface area contributed by atoms with Gasteiger partial charge in [0.1, 0.15) is 17.1 Å². The number of carbonyl (C=O) groups excluding carboxylic acids is 1. The highest BCUT2D eigenvalue weighted by Gasteiger charge is 2.22. The van der Waals surface area contributed by atoms with Crippen LogP contribution in [0.5, 0.6) is 11.5 Å². The van der Waals surface area contributed by atoms with E-state index < -0.39 is 0 Å². The van der Waals surface area contributed by atoms with Gasteiger partial charge in [0.2, 0.25) is 0 Å². The van der Waals surface area contributed by atoms with Crippen LogP contribution in [-0.2, 0) is 11.2 Å². The average Bonchev–Trinajstić information content (AvgIpc) is 2.79. The molecule has 2 aromatic rings. The molecule has 0 amide bonds. The zero-order valence-electron chi connectivity index (χ0n) is 20.7. The minimum absolute atomic E-state index is 0.234. The van der Waals surface area contributed by atoms with E-state index in [2.05, 4.69) is 13.0 Å². The molecule has 0 aromatic heterocycles. The maximum absolute atomic E-state index is 12.5. The third-order valence-corrected chi connectivity index (χ3v) is 6.39. The molecule has 0 atom stereocenters. The maximum Gasteiger partial charge on any atom is 0.311 e. The predicted octanol–water partition coefficient (Wildman–Crippen LogP) is 7.47. The van der Waals surface area contributed by atoms with Crippen molar-refractivity contribution in [3.63, 3.8) is 0 Å². The monoisotopic (exact) mass is 449 g/mol. The van der Waals surface area contributed by atoms with Crippen molar-refractivity contribution in [2.24, 2.45) is 5.92 Å². The highest BCUT2D eigenvalue weighted by Crippen LogP contribution is 2.38. The van der Waals surface area contributed by atoms with Gasteiger partial charge in [-0.15, -0.1) is 0 Å². The van der Waals surface area contributed by atoms with E-state index >= 15 is 0 Å². The number of carbonyl (C=O) groups is 1. The number of esters is 1. The lowest BCUT2D eigenvalue weighted by Gasteiger charge is -2.29. The molecule has 4 nitrogen and oxygen atoms in total. The summed E-state index contributed by atoms with van der Waals surface area (Å²) in [6.07, 6.45) is 9.79.